The van der Waals surface area contributed by atoms with Crippen molar-refractivity contribution in [3.05, 3.63) is 35.9 Å². The van der Waals surface area contributed by atoms with E-state index in [9.17, 15) is 4.79 Å². The van der Waals surface area contributed by atoms with Crippen LogP contribution >= 0.6 is 0 Å². The Labute approximate surface area is 95.0 Å². The van der Waals surface area contributed by atoms with Gasteiger partial charge < -0.3 is 10.2 Å². The van der Waals surface area contributed by atoms with Crippen molar-refractivity contribution in [3.63, 3.8) is 0 Å². The van der Waals surface area contributed by atoms with E-state index in [0.717, 1.165) is 12.1 Å². The molecule has 1 amide bonds. The second-order valence-electron chi connectivity index (χ2n) is 3.80. The molecule has 0 unspecified atom stereocenters. The lowest BCUT2D eigenvalue weighted by Crippen LogP contribution is -2.38. The number of hydrogen-bond acceptors (Lipinski definition) is 3. The fraction of sp³-hybridized carbons (Fsp3) is 0.333. The van der Waals surface area contributed by atoms with Gasteiger partial charge in [0.25, 0.3) is 5.91 Å². The van der Waals surface area contributed by atoms with E-state index >= 15 is 0 Å². The van der Waals surface area contributed by atoms with Gasteiger partial charge in [0, 0.05) is 20.1 Å². The topological polar surface area (TPSA) is 44.7 Å². The SMILES string of the molecule is CN(Cc1ccccc1)C(=O)C1=NCCN1. The van der Waals surface area contributed by atoms with Crippen molar-refractivity contribution in [1.82, 2.24) is 10.2 Å². The Morgan fingerprint density at radius 2 is 2.19 bits per heavy atom. The molecule has 2 rings (SSSR count). The molecule has 0 radical (unpaired) electrons. The van der Waals surface area contributed by atoms with Gasteiger partial charge in [-0.15, -0.1) is 0 Å². The monoisotopic (exact) mass is 217 g/mol. The summed E-state index contributed by atoms with van der Waals surface area (Å²) in [5, 5.41) is 2.98. The van der Waals surface area contributed by atoms with Crippen LogP contribution in [0.4, 0.5) is 0 Å². The first-order chi connectivity index (χ1) is 7.77. The van der Waals surface area contributed by atoms with E-state index in [1.807, 2.05) is 30.3 Å². The minimum Gasteiger partial charge on any atom is -0.364 e. The molecule has 0 aliphatic carbocycles. The number of rotatable bonds is 3. The summed E-state index contributed by atoms with van der Waals surface area (Å²) in [5.74, 6) is 0.444. The van der Waals surface area contributed by atoms with Crippen LogP contribution in [0.15, 0.2) is 35.3 Å². The highest BCUT2D eigenvalue weighted by molar-refractivity contribution is 6.38. The molecule has 1 aliphatic rings. The fourth-order valence-corrected chi connectivity index (χ4v) is 1.65. The molecule has 1 aromatic rings. The Morgan fingerprint density at radius 3 is 2.81 bits per heavy atom. The highest BCUT2D eigenvalue weighted by Gasteiger charge is 2.18. The molecule has 1 aromatic carbocycles. The van der Waals surface area contributed by atoms with Crippen molar-refractivity contribution in [3.8, 4) is 0 Å². The lowest BCUT2D eigenvalue weighted by atomic mass is 10.2. The van der Waals surface area contributed by atoms with Crippen LogP contribution in [0.25, 0.3) is 0 Å². The maximum Gasteiger partial charge on any atom is 0.288 e. The summed E-state index contributed by atoms with van der Waals surface area (Å²) in [5.41, 5.74) is 1.12. The van der Waals surface area contributed by atoms with Gasteiger partial charge in [-0.3, -0.25) is 9.79 Å². The second-order valence-corrected chi connectivity index (χ2v) is 3.80. The summed E-state index contributed by atoms with van der Waals surface area (Å²) in [6, 6.07) is 9.92. The van der Waals surface area contributed by atoms with Crippen molar-refractivity contribution in [1.29, 1.82) is 0 Å². The van der Waals surface area contributed by atoms with Crippen LogP contribution in [0.1, 0.15) is 5.56 Å². The molecule has 4 nitrogen and oxygen atoms in total. The summed E-state index contributed by atoms with van der Waals surface area (Å²) < 4.78 is 0. The molecule has 4 heteroatoms. The van der Waals surface area contributed by atoms with E-state index in [1.54, 1.807) is 11.9 Å². The average Bonchev–Trinajstić information content (AvgIpc) is 2.83. The summed E-state index contributed by atoms with van der Waals surface area (Å²) >= 11 is 0. The van der Waals surface area contributed by atoms with E-state index in [2.05, 4.69) is 10.3 Å². The minimum absolute atomic E-state index is 0.0404. The molecule has 1 N–H and O–H groups in total. The molecule has 0 bridgehead atoms. The predicted molar refractivity (Wildman–Crippen MR) is 63.2 cm³/mol. The van der Waals surface area contributed by atoms with Crippen molar-refractivity contribution < 1.29 is 4.79 Å². The van der Waals surface area contributed by atoms with Gasteiger partial charge in [-0.05, 0) is 5.56 Å². The molecule has 0 spiro atoms. The number of amidine groups is 1. The van der Waals surface area contributed by atoms with Crippen molar-refractivity contribution in [2.45, 2.75) is 6.54 Å². The van der Waals surface area contributed by atoms with Gasteiger partial charge in [-0.1, -0.05) is 30.3 Å². The van der Waals surface area contributed by atoms with Gasteiger partial charge in [-0.2, -0.15) is 0 Å². The van der Waals surface area contributed by atoms with Crippen LogP contribution in [-0.2, 0) is 11.3 Å². The van der Waals surface area contributed by atoms with Gasteiger partial charge in [0.1, 0.15) is 0 Å². The third kappa shape index (κ3) is 2.39. The quantitative estimate of drug-likeness (QED) is 0.807. The molecule has 84 valence electrons. The van der Waals surface area contributed by atoms with Gasteiger partial charge >= 0.3 is 0 Å². The molecule has 1 heterocycles. The molecular weight excluding hydrogens is 202 g/mol. The Bertz CT molecular complexity index is 400. The van der Waals surface area contributed by atoms with Crippen LogP contribution in [0.5, 0.6) is 0 Å². The molecule has 16 heavy (non-hydrogen) atoms. The summed E-state index contributed by atoms with van der Waals surface area (Å²) in [6.45, 7) is 2.07. The van der Waals surface area contributed by atoms with E-state index in [1.165, 1.54) is 0 Å². The largest absolute Gasteiger partial charge is 0.364 e. The second kappa shape index (κ2) is 4.79. The first kappa shape index (κ1) is 10.7. The zero-order valence-corrected chi connectivity index (χ0v) is 9.31. The summed E-state index contributed by atoms with van der Waals surface area (Å²) in [6.07, 6.45) is 0. The third-order valence-corrected chi connectivity index (χ3v) is 2.49. The number of carbonyl (C=O) groups excluding carboxylic acids is 1. The van der Waals surface area contributed by atoms with Crippen LogP contribution in [0.3, 0.4) is 0 Å². The van der Waals surface area contributed by atoms with Crippen molar-refractivity contribution in [2.24, 2.45) is 4.99 Å². The van der Waals surface area contributed by atoms with E-state index in [4.69, 9.17) is 0 Å². The van der Waals surface area contributed by atoms with Crippen LogP contribution < -0.4 is 5.32 Å². The molecule has 0 saturated carbocycles. The number of likely N-dealkylation sites (N-methyl/N-ethyl adjacent to an activating group) is 1. The Morgan fingerprint density at radius 1 is 1.44 bits per heavy atom. The predicted octanol–water partition coefficient (Wildman–Crippen LogP) is 0.647. The number of nitrogens with zero attached hydrogens (tertiary/aromatic N) is 2. The van der Waals surface area contributed by atoms with E-state index in [-0.39, 0.29) is 5.91 Å². The van der Waals surface area contributed by atoms with Crippen molar-refractivity contribution >= 4 is 11.7 Å². The van der Waals surface area contributed by atoms with Crippen LogP contribution in [0.2, 0.25) is 0 Å². The molecule has 0 aromatic heterocycles. The molecule has 0 atom stereocenters. The zero-order valence-electron chi connectivity index (χ0n) is 9.31. The number of benzene rings is 1. The fourth-order valence-electron chi connectivity index (χ4n) is 1.65. The Balaban J connectivity index is 1.98. The molecule has 0 fully saturated rings. The average molecular weight is 217 g/mol. The summed E-state index contributed by atoms with van der Waals surface area (Å²) in [7, 11) is 1.79. The van der Waals surface area contributed by atoms with E-state index < -0.39 is 0 Å². The van der Waals surface area contributed by atoms with Crippen LogP contribution in [-0.4, -0.2) is 36.8 Å². The Kier molecular flexibility index (Phi) is 3.19. The zero-order chi connectivity index (χ0) is 11.4. The molecular formula is C12H15N3O. The van der Waals surface area contributed by atoms with Gasteiger partial charge in [-0.25, -0.2) is 0 Å². The van der Waals surface area contributed by atoms with Crippen LogP contribution in [0, 0.1) is 0 Å². The highest BCUT2D eigenvalue weighted by Crippen LogP contribution is 2.03. The molecule has 1 aliphatic heterocycles. The lowest BCUT2D eigenvalue weighted by Gasteiger charge is -2.17. The maximum atomic E-state index is 11.9. The maximum absolute atomic E-state index is 11.9. The number of hydrogen-bond donors (Lipinski definition) is 1. The van der Waals surface area contributed by atoms with Gasteiger partial charge in [0.15, 0.2) is 5.84 Å². The minimum atomic E-state index is -0.0404. The first-order valence-electron chi connectivity index (χ1n) is 5.35. The lowest BCUT2D eigenvalue weighted by molar-refractivity contribution is -0.123. The standard InChI is InChI=1S/C12H15N3O/c1-15(9-10-5-3-2-4-6-10)12(16)11-13-7-8-14-11/h2-6H,7-9H2,1H3,(H,13,14). The highest BCUT2D eigenvalue weighted by atomic mass is 16.2. The smallest absolute Gasteiger partial charge is 0.288 e. The number of amides is 1. The third-order valence-electron chi connectivity index (χ3n) is 2.49. The number of nitrogens with one attached hydrogen (secondary N) is 1. The normalized spacial score (nSPS) is 14.2. The van der Waals surface area contributed by atoms with E-state index in [0.29, 0.717) is 18.9 Å². The molecule has 0 saturated heterocycles. The number of carbonyl (C=O) groups is 1. The Hall–Kier alpha value is -1.84. The van der Waals surface area contributed by atoms with Gasteiger partial charge in [0.05, 0.1) is 6.54 Å². The van der Waals surface area contributed by atoms with Gasteiger partial charge in [0.2, 0.25) is 0 Å². The summed E-state index contributed by atoms with van der Waals surface area (Å²) in [4.78, 5) is 17.7. The number of aliphatic imine (C=N–C) groups is 1. The first-order valence-corrected chi connectivity index (χ1v) is 5.35. The van der Waals surface area contributed by atoms with Crippen molar-refractivity contribution in [2.75, 3.05) is 20.1 Å².